The average molecular weight is 525 g/mol. The van der Waals surface area contributed by atoms with Crippen molar-refractivity contribution in [2.24, 2.45) is 11.7 Å². The maximum atomic E-state index is 13.1. The molecule has 1 amide bonds. The van der Waals surface area contributed by atoms with Crippen LogP contribution in [0, 0.1) is 5.92 Å². The summed E-state index contributed by atoms with van der Waals surface area (Å²) in [5.41, 5.74) is 7.93. The average Bonchev–Trinajstić information content (AvgIpc) is 3.61. The maximum absolute atomic E-state index is 13.1. The predicted octanol–water partition coefficient (Wildman–Crippen LogP) is 5.24. The first-order valence-electron chi connectivity index (χ1n) is 15.4. The van der Waals surface area contributed by atoms with Gasteiger partial charge in [0, 0.05) is 43.2 Å². The monoisotopic (exact) mass is 524 g/mol. The molecule has 2 aliphatic carbocycles. The molecule has 0 bridgehead atoms. The van der Waals surface area contributed by atoms with Crippen molar-refractivity contribution < 1.29 is 4.79 Å². The van der Waals surface area contributed by atoms with Crippen LogP contribution in [0.4, 0.5) is 11.8 Å². The number of unbranched alkanes of at least 4 members (excludes halogenated alkanes) is 1. The summed E-state index contributed by atoms with van der Waals surface area (Å²) in [6.07, 6.45) is 17.1. The number of rotatable bonds is 10. The lowest BCUT2D eigenvalue weighted by Crippen LogP contribution is -2.44. The van der Waals surface area contributed by atoms with E-state index >= 15 is 0 Å². The lowest BCUT2D eigenvalue weighted by molar-refractivity contribution is -0.136. The van der Waals surface area contributed by atoms with E-state index in [0.29, 0.717) is 30.0 Å². The number of nitrogens with one attached hydrogen (secondary N) is 2. The minimum Gasteiger partial charge on any atom is -0.365 e. The number of hydrogen-bond donors (Lipinski definition) is 3. The Balaban J connectivity index is 1.30. The van der Waals surface area contributed by atoms with Crippen molar-refractivity contribution in [3.05, 3.63) is 6.33 Å². The van der Waals surface area contributed by atoms with E-state index in [1.807, 2.05) is 6.33 Å². The molecular formula is C29H48N8O. The van der Waals surface area contributed by atoms with Crippen LogP contribution >= 0.6 is 0 Å². The van der Waals surface area contributed by atoms with Crippen molar-refractivity contribution in [3.8, 4) is 0 Å². The number of carbonyl (C=O) groups is 1. The molecule has 38 heavy (non-hydrogen) atoms. The molecule has 2 aromatic heterocycles. The number of piperidine rings is 1. The summed E-state index contributed by atoms with van der Waals surface area (Å²) >= 11 is 0. The van der Waals surface area contributed by atoms with E-state index in [1.54, 1.807) is 0 Å². The number of amides is 1. The van der Waals surface area contributed by atoms with Gasteiger partial charge in [-0.15, -0.1) is 0 Å². The van der Waals surface area contributed by atoms with Crippen LogP contribution in [0.2, 0.25) is 0 Å². The molecule has 0 spiro atoms. The van der Waals surface area contributed by atoms with Crippen LogP contribution < -0.4 is 16.4 Å². The summed E-state index contributed by atoms with van der Waals surface area (Å²) in [6.45, 7) is 5.94. The third-order valence-corrected chi connectivity index (χ3v) is 9.14. The Morgan fingerprint density at radius 3 is 2.39 bits per heavy atom. The Morgan fingerprint density at radius 2 is 1.71 bits per heavy atom. The Bertz CT molecular complexity index is 1050. The largest absolute Gasteiger partial charge is 0.365 e. The number of likely N-dealkylation sites (tertiary alicyclic amines) is 1. The van der Waals surface area contributed by atoms with Gasteiger partial charge in [-0.1, -0.05) is 39.5 Å². The predicted molar refractivity (Wildman–Crippen MR) is 153 cm³/mol. The molecule has 3 heterocycles. The molecule has 1 atom stereocenters. The van der Waals surface area contributed by atoms with Gasteiger partial charge in [0.2, 0.25) is 11.9 Å². The van der Waals surface area contributed by atoms with Gasteiger partial charge in [0.1, 0.15) is 0 Å². The van der Waals surface area contributed by atoms with Gasteiger partial charge in [-0.3, -0.25) is 4.79 Å². The van der Waals surface area contributed by atoms with Gasteiger partial charge in [0.25, 0.3) is 0 Å². The van der Waals surface area contributed by atoms with Gasteiger partial charge >= 0.3 is 0 Å². The van der Waals surface area contributed by atoms with Gasteiger partial charge in [-0.25, -0.2) is 4.98 Å². The van der Waals surface area contributed by atoms with Crippen LogP contribution in [0.25, 0.3) is 11.2 Å². The summed E-state index contributed by atoms with van der Waals surface area (Å²) in [7, 11) is 0. The summed E-state index contributed by atoms with van der Waals surface area (Å²) in [4.78, 5) is 29.9. The molecule has 0 radical (unpaired) electrons. The number of anilines is 2. The first kappa shape index (κ1) is 27.2. The lowest BCUT2D eigenvalue weighted by atomic mass is 9.92. The molecule has 1 saturated heterocycles. The topological polar surface area (TPSA) is 114 Å². The Morgan fingerprint density at radius 1 is 1.00 bits per heavy atom. The molecule has 2 saturated carbocycles. The van der Waals surface area contributed by atoms with Crippen molar-refractivity contribution in [3.63, 3.8) is 0 Å². The molecule has 0 aromatic carbocycles. The third-order valence-electron chi connectivity index (χ3n) is 9.14. The molecule has 2 aromatic rings. The zero-order valence-corrected chi connectivity index (χ0v) is 23.5. The van der Waals surface area contributed by atoms with Crippen LogP contribution in [-0.2, 0) is 4.79 Å². The fourth-order valence-corrected chi connectivity index (χ4v) is 6.63. The van der Waals surface area contributed by atoms with Crippen LogP contribution in [0.5, 0.6) is 0 Å². The number of aromatic nitrogens is 4. The van der Waals surface area contributed by atoms with Gasteiger partial charge in [0.05, 0.1) is 6.33 Å². The first-order valence-corrected chi connectivity index (χ1v) is 15.4. The number of fused-ring (bicyclic) bond motifs is 1. The summed E-state index contributed by atoms with van der Waals surface area (Å²) in [5.74, 6) is 2.02. The third kappa shape index (κ3) is 6.24. The molecule has 1 aliphatic heterocycles. The molecule has 210 valence electrons. The van der Waals surface area contributed by atoms with Crippen molar-refractivity contribution in [2.75, 3.05) is 23.7 Å². The lowest BCUT2D eigenvalue weighted by Gasteiger charge is -2.34. The summed E-state index contributed by atoms with van der Waals surface area (Å²) < 4.78 is 2.28. The number of carbonyl (C=O) groups excluding carboxylic acids is 1. The first-order chi connectivity index (χ1) is 18.6. The molecule has 5 rings (SSSR count). The molecular weight excluding hydrogens is 476 g/mol. The Hall–Kier alpha value is -2.42. The van der Waals surface area contributed by atoms with Crippen LogP contribution in [0.15, 0.2) is 6.33 Å². The van der Waals surface area contributed by atoms with Crippen LogP contribution in [-0.4, -0.2) is 61.5 Å². The van der Waals surface area contributed by atoms with Gasteiger partial charge < -0.3 is 25.8 Å². The van der Waals surface area contributed by atoms with E-state index in [0.717, 1.165) is 94.3 Å². The minimum atomic E-state index is 0.170. The highest BCUT2D eigenvalue weighted by molar-refractivity contribution is 5.84. The van der Waals surface area contributed by atoms with E-state index in [1.165, 1.54) is 25.7 Å². The fraction of sp³-hybridized carbons (Fsp3) is 0.793. The summed E-state index contributed by atoms with van der Waals surface area (Å²) in [5, 5.41) is 7.35. The number of nitrogens with zero attached hydrogens (tertiary/aromatic N) is 5. The Kier molecular flexibility index (Phi) is 9.02. The van der Waals surface area contributed by atoms with Crippen molar-refractivity contribution in [1.29, 1.82) is 0 Å². The number of nitrogens with two attached hydrogens (primary N) is 1. The van der Waals surface area contributed by atoms with Crippen molar-refractivity contribution in [2.45, 2.75) is 128 Å². The highest BCUT2D eigenvalue weighted by atomic mass is 16.2. The normalized spacial score (nSPS) is 24.1. The smallest absolute Gasteiger partial charge is 0.227 e. The number of imidazole rings is 1. The zero-order valence-electron chi connectivity index (χ0n) is 23.5. The second kappa shape index (κ2) is 12.6. The van der Waals surface area contributed by atoms with E-state index < -0.39 is 0 Å². The number of hydrogen-bond acceptors (Lipinski definition) is 7. The minimum absolute atomic E-state index is 0.170. The Labute approximate surface area is 227 Å². The molecule has 3 aliphatic rings. The standard InChI is InChI=1S/C29H48N8O/c1-3-5-8-20(4-2)28(38)36-17-15-23(16-18-36)32-26-25-27(37(19-31-25)24-9-6-7-10-24)35-29(34-26)33-22-13-11-21(30)12-14-22/h19-24H,3-18,30H2,1-2H3,(H2,32,33,34,35). The highest BCUT2D eigenvalue weighted by Gasteiger charge is 2.29. The molecule has 1 unspecified atom stereocenters. The maximum Gasteiger partial charge on any atom is 0.227 e. The molecule has 9 nitrogen and oxygen atoms in total. The van der Waals surface area contributed by atoms with Gasteiger partial charge in [0.15, 0.2) is 17.0 Å². The van der Waals surface area contributed by atoms with E-state index in [2.05, 4.69) is 33.9 Å². The molecule has 3 fully saturated rings. The summed E-state index contributed by atoms with van der Waals surface area (Å²) in [6, 6.07) is 1.41. The fourth-order valence-electron chi connectivity index (χ4n) is 6.63. The molecule has 9 heteroatoms. The highest BCUT2D eigenvalue weighted by Crippen LogP contribution is 2.34. The molecule has 4 N–H and O–H groups in total. The van der Waals surface area contributed by atoms with E-state index in [-0.39, 0.29) is 12.0 Å². The van der Waals surface area contributed by atoms with Crippen LogP contribution in [0.1, 0.15) is 110 Å². The van der Waals surface area contributed by atoms with Crippen LogP contribution in [0.3, 0.4) is 0 Å². The zero-order chi connectivity index (χ0) is 26.5. The van der Waals surface area contributed by atoms with E-state index in [4.69, 9.17) is 20.7 Å². The van der Waals surface area contributed by atoms with E-state index in [9.17, 15) is 4.79 Å². The van der Waals surface area contributed by atoms with Crippen molar-refractivity contribution >= 4 is 28.8 Å². The SMILES string of the molecule is CCCCC(CC)C(=O)N1CCC(Nc2nc(NC3CCC(N)CC3)nc3c2ncn3C2CCCC2)CC1. The second-order valence-corrected chi connectivity index (χ2v) is 11.9. The van der Waals surface area contributed by atoms with Gasteiger partial charge in [-0.2, -0.15) is 9.97 Å². The van der Waals surface area contributed by atoms with Crippen molar-refractivity contribution in [1.82, 2.24) is 24.4 Å². The second-order valence-electron chi connectivity index (χ2n) is 11.9. The van der Waals surface area contributed by atoms with Gasteiger partial charge in [-0.05, 0) is 64.2 Å². The quantitative estimate of drug-likeness (QED) is 0.389.